The van der Waals surface area contributed by atoms with Gasteiger partial charge in [0.15, 0.2) is 5.70 Å². The number of allylic oxidation sites excluding steroid dienone is 1. The van der Waals surface area contributed by atoms with Crippen LogP contribution in [0, 0.1) is 0 Å². The Hall–Kier alpha value is -2.10. The lowest BCUT2D eigenvalue weighted by molar-refractivity contribution is -0.130. The number of ether oxygens (including phenoxy) is 2. The minimum Gasteiger partial charge on any atom is -0.496 e. The Kier molecular flexibility index (Phi) is 3.23. The maximum absolute atomic E-state index is 11.6. The van der Waals surface area contributed by atoms with E-state index in [1.54, 1.807) is 6.92 Å². The van der Waals surface area contributed by atoms with E-state index in [9.17, 15) is 4.79 Å². The molecule has 0 unspecified atom stereocenters. The molecule has 17 heavy (non-hydrogen) atoms. The Morgan fingerprint density at radius 2 is 2.06 bits per heavy atom. The molecule has 1 aromatic carbocycles. The molecule has 0 radical (unpaired) electrons. The third kappa shape index (κ3) is 2.36. The molecule has 0 atom stereocenters. The number of cyclic esters (lactones) is 1. The molecule has 0 N–H and O–H groups in total. The Bertz CT molecular complexity index is 489. The first-order valence-electron chi connectivity index (χ1n) is 5.42. The molecule has 1 heterocycles. The summed E-state index contributed by atoms with van der Waals surface area (Å²) >= 11 is 0. The number of carbonyl (C=O) groups excluding carboxylic acids is 1. The summed E-state index contributed by atoms with van der Waals surface area (Å²) < 4.78 is 10.4. The van der Waals surface area contributed by atoms with Crippen LogP contribution >= 0.6 is 0 Å². The third-order valence-electron chi connectivity index (χ3n) is 2.31. The fourth-order valence-corrected chi connectivity index (χ4v) is 1.52. The van der Waals surface area contributed by atoms with E-state index in [-0.39, 0.29) is 5.70 Å². The van der Waals surface area contributed by atoms with E-state index in [0.29, 0.717) is 18.3 Å². The maximum atomic E-state index is 11.6. The van der Waals surface area contributed by atoms with Crippen molar-refractivity contribution >= 4 is 11.9 Å². The number of carbonyl (C=O) groups is 1. The highest BCUT2D eigenvalue weighted by Gasteiger charge is 2.26. The second-order valence-electron chi connectivity index (χ2n) is 3.51. The summed E-state index contributed by atoms with van der Waals surface area (Å²) in [5.41, 5.74) is 1.02. The summed E-state index contributed by atoms with van der Waals surface area (Å²) in [7, 11) is 0. The van der Waals surface area contributed by atoms with Gasteiger partial charge in [-0.15, -0.1) is 0 Å². The lowest BCUT2D eigenvalue weighted by Crippen LogP contribution is -2.06. The van der Waals surface area contributed by atoms with Crippen molar-refractivity contribution in [2.75, 3.05) is 6.61 Å². The van der Waals surface area contributed by atoms with Gasteiger partial charge in [0.25, 0.3) is 0 Å². The molecule has 88 valence electrons. The van der Waals surface area contributed by atoms with Gasteiger partial charge >= 0.3 is 5.97 Å². The first kappa shape index (κ1) is 11.4. The molecular formula is C13H13NO3. The topological polar surface area (TPSA) is 47.9 Å². The van der Waals surface area contributed by atoms with Gasteiger partial charge in [-0.1, -0.05) is 18.2 Å². The molecular weight excluding hydrogens is 218 g/mol. The molecule has 0 aromatic heterocycles. The third-order valence-corrected chi connectivity index (χ3v) is 2.31. The molecule has 0 bridgehead atoms. The second-order valence-corrected chi connectivity index (χ2v) is 3.51. The van der Waals surface area contributed by atoms with Gasteiger partial charge in [-0.3, -0.25) is 0 Å². The zero-order valence-corrected chi connectivity index (χ0v) is 9.77. The number of benzene rings is 1. The van der Waals surface area contributed by atoms with Crippen molar-refractivity contribution < 1.29 is 14.3 Å². The monoisotopic (exact) mass is 231 g/mol. The van der Waals surface area contributed by atoms with Gasteiger partial charge in [0.05, 0.1) is 6.61 Å². The summed E-state index contributed by atoms with van der Waals surface area (Å²) in [4.78, 5) is 15.8. The predicted octanol–water partition coefficient (Wildman–Crippen LogP) is 2.26. The summed E-state index contributed by atoms with van der Waals surface area (Å²) in [6.45, 7) is 4.06. The molecule has 0 spiro atoms. The van der Waals surface area contributed by atoms with Crippen LogP contribution in [-0.4, -0.2) is 18.5 Å². The fourth-order valence-electron chi connectivity index (χ4n) is 1.52. The van der Waals surface area contributed by atoms with Gasteiger partial charge in [0.2, 0.25) is 5.90 Å². The Morgan fingerprint density at radius 1 is 1.35 bits per heavy atom. The quantitative estimate of drug-likeness (QED) is 0.455. The highest BCUT2D eigenvalue weighted by molar-refractivity contribution is 6.11. The minimum atomic E-state index is -0.463. The molecule has 2 rings (SSSR count). The Balaban J connectivity index is 2.32. The van der Waals surface area contributed by atoms with Gasteiger partial charge in [0, 0.05) is 5.56 Å². The van der Waals surface area contributed by atoms with E-state index in [1.807, 2.05) is 37.3 Å². The zero-order valence-electron chi connectivity index (χ0n) is 9.77. The number of hydrogen-bond acceptors (Lipinski definition) is 4. The first-order chi connectivity index (χ1) is 8.22. The fraction of sp³-hybridized carbons (Fsp3) is 0.231. The number of hydrogen-bond donors (Lipinski definition) is 0. The largest absolute Gasteiger partial charge is 0.496 e. The standard InChI is InChI=1S/C13H13NO3/c1-3-16-9(2)11-13(15)17-12(14-11)10-7-5-4-6-8-10/h4-8H,3H2,1-2H3. The van der Waals surface area contributed by atoms with Crippen LogP contribution in [0.25, 0.3) is 0 Å². The summed E-state index contributed by atoms with van der Waals surface area (Å²) in [6, 6.07) is 9.30. The molecule has 1 aliphatic heterocycles. The van der Waals surface area contributed by atoms with E-state index in [1.165, 1.54) is 0 Å². The molecule has 0 saturated heterocycles. The van der Waals surface area contributed by atoms with E-state index >= 15 is 0 Å². The molecule has 0 amide bonds. The van der Waals surface area contributed by atoms with Gasteiger partial charge in [-0.25, -0.2) is 9.79 Å². The van der Waals surface area contributed by atoms with E-state index in [2.05, 4.69) is 4.99 Å². The van der Waals surface area contributed by atoms with Crippen LogP contribution < -0.4 is 0 Å². The van der Waals surface area contributed by atoms with Crippen LogP contribution in [0.4, 0.5) is 0 Å². The maximum Gasteiger partial charge on any atom is 0.367 e. The zero-order chi connectivity index (χ0) is 12.3. The lowest BCUT2D eigenvalue weighted by Gasteiger charge is -2.01. The summed E-state index contributed by atoms with van der Waals surface area (Å²) in [6.07, 6.45) is 0. The van der Waals surface area contributed by atoms with Crippen molar-refractivity contribution in [3.8, 4) is 0 Å². The molecule has 4 heteroatoms. The van der Waals surface area contributed by atoms with Crippen molar-refractivity contribution in [2.45, 2.75) is 13.8 Å². The number of aliphatic imine (C=N–C) groups is 1. The average molecular weight is 231 g/mol. The SMILES string of the molecule is CCOC(C)=C1N=C(c2ccccc2)OC1=O. The number of esters is 1. The second kappa shape index (κ2) is 4.82. The van der Waals surface area contributed by atoms with Crippen LogP contribution in [0.1, 0.15) is 19.4 Å². The average Bonchev–Trinajstić information content (AvgIpc) is 2.73. The molecule has 0 aliphatic carbocycles. The number of rotatable bonds is 3. The highest BCUT2D eigenvalue weighted by Crippen LogP contribution is 2.19. The van der Waals surface area contributed by atoms with Crippen LogP contribution in [0.2, 0.25) is 0 Å². The molecule has 4 nitrogen and oxygen atoms in total. The van der Waals surface area contributed by atoms with E-state index in [0.717, 1.165) is 5.56 Å². The van der Waals surface area contributed by atoms with Crippen molar-refractivity contribution in [1.82, 2.24) is 0 Å². The minimum absolute atomic E-state index is 0.241. The Morgan fingerprint density at radius 3 is 2.71 bits per heavy atom. The van der Waals surface area contributed by atoms with Crippen LogP contribution in [0.5, 0.6) is 0 Å². The van der Waals surface area contributed by atoms with Crippen molar-refractivity contribution in [1.29, 1.82) is 0 Å². The van der Waals surface area contributed by atoms with Crippen molar-refractivity contribution in [3.63, 3.8) is 0 Å². The first-order valence-corrected chi connectivity index (χ1v) is 5.42. The normalized spacial score (nSPS) is 17.5. The van der Waals surface area contributed by atoms with Crippen LogP contribution in [0.3, 0.4) is 0 Å². The molecule has 1 aliphatic rings. The van der Waals surface area contributed by atoms with Gasteiger partial charge in [0.1, 0.15) is 5.76 Å². The van der Waals surface area contributed by atoms with Crippen molar-refractivity contribution in [2.24, 2.45) is 4.99 Å². The predicted molar refractivity (Wildman–Crippen MR) is 63.4 cm³/mol. The van der Waals surface area contributed by atoms with Gasteiger partial charge in [-0.2, -0.15) is 0 Å². The lowest BCUT2D eigenvalue weighted by atomic mass is 10.2. The van der Waals surface area contributed by atoms with Gasteiger partial charge < -0.3 is 9.47 Å². The van der Waals surface area contributed by atoms with Crippen LogP contribution in [-0.2, 0) is 14.3 Å². The van der Waals surface area contributed by atoms with Crippen LogP contribution in [0.15, 0.2) is 46.8 Å². The highest BCUT2D eigenvalue weighted by atomic mass is 16.6. The molecule has 0 fully saturated rings. The molecule has 1 aromatic rings. The smallest absolute Gasteiger partial charge is 0.367 e. The summed E-state index contributed by atoms with van der Waals surface area (Å²) in [5.74, 6) is 0.350. The summed E-state index contributed by atoms with van der Waals surface area (Å²) in [5, 5.41) is 0. The molecule has 0 saturated carbocycles. The van der Waals surface area contributed by atoms with E-state index in [4.69, 9.17) is 9.47 Å². The Labute approximate surface area is 99.6 Å². The van der Waals surface area contributed by atoms with Gasteiger partial charge in [-0.05, 0) is 26.0 Å². The van der Waals surface area contributed by atoms with E-state index < -0.39 is 5.97 Å². The number of nitrogens with zero attached hydrogens (tertiary/aromatic N) is 1. The van der Waals surface area contributed by atoms with Crippen molar-refractivity contribution in [3.05, 3.63) is 47.4 Å².